The number of para-hydroxylation sites is 1. The molecule has 1 fully saturated rings. The molecule has 0 spiro atoms. The van der Waals surface area contributed by atoms with Gasteiger partial charge in [-0.2, -0.15) is 0 Å². The molecule has 4 aromatic rings. The van der Waals surface area contributed by atoms with Crippen molar-refractivity contribution in [3.63, 3.8) is 0 Å². The number of rotatable bonds is 12. The lowest BCUT2D eigenvalue weighted by atomic mass is 9.96. The zero-order valence-electron chi connectivity index (χ0n) is 26.7. The predicted octanol–water partition coefficient (Wildman–Crippen LogP) is 6.48. The van der Waals surface area contributed by atoms with Gasteiger partial charge in [0.1, 0.15) is 17.7 Å². The van der Waals surface area contributed by atoms with Crippen LogP contribution in [0.3, 0.4) is 0 Å². The van der Waals surface area contributed by atoms with Gasteiger partial charge in [-0.3, -0.25) is 14.6 Å². The molecule has 240 valence electrons. The Morgan fingerprint density at radius 1 is 0.889 bits per heavy atom. The number of carbonyl (C=O) groups is 1. The SMILES string of the molecule is CC.CN(C)CCCC(Nc1nc(CN2CCN(C(c3ccc(Cl)cc3)c3ccc(Cl)cc3)CC2)nc2ccccc12)C(N)=O. The van der Waals surface area contributed by atoms with E-state index in [-0.39, 0.29) is 11.9 Å². The molecule has 1 aromatic heterocycles. The fraction of sp³-hybridized carbons (Fsp3) is 0.400. The van der Waals surface area contributed by atoms with Gasteiger partial charge >= 0.3 is 0 Å². The second-order valence-corrected chi connectivity index (χ2v) is 12.2. The number of nitrogens with two attached hydrogens (primary N) is 1. The molecule has 3 N–H and O–H groups in total. The highest BCUT2D eigenvalue weighted by Crippen LogP contribution is 2.31. The summed E-state index contributed by atoms with van der Waals surface area (Å²) in [5, 5.41) is 5.68. The number of anilines is 1. The summed E-state index contributed by atoms with van der Waals surface area (Å²) in [6.07, 6.45) is 1.48. The Morgan fingerprint density at radius 2 is 1.47 bits per heavy atom. The number of piperazine rings is 1. The quantitative estimate of drug-likeness (QED) is 0.182. The van der Waals surface area contributed by atoms with Crippen LogP contribution in [-0.2, 0) is 11.3 Å². The summed E-state index contributed by atoms with van der Waals surface area (Å²) in [4.78, 5) is 29.1. The average molecular weight is 651 g/mol. The van der Waals surface area contributed by atoms with Crippen molar-refractivity contribution in [3.8, 4) is 0 Å². The van der Waals surface area contributed by atoms with Crippen molar-refractivity contribution >= 4 is 45.8 Å². The number of amides is 1. The van der Waals surface area contributed by atoms with Crippen molar-refractivity contribution < 1.29 is 4.79 Å². The molecule has 45 heavy (non-hydrogen) atoms. The molecule has 2 heterocycles. The molecule has 0 radical (unpaired) electrons. The van der Waals surface area contributed by atoms with Crippen LogP contribution in [0.4, 0.5) is 5.82 Å². The molecular weight excluding hydrogens is 605 g/mol. The highest BCUT2D eigenvalue weighted by Gasteiger charge is 2.27. The van der Waals surface area contributed by atoms with E-state index in [1.807, 2.05) is 76.5 Å². The molecule has 1 aliphatic rings. The number of aromatic nitrogens is 2. The number of fused-ring (bicyclic) bond motifs is 1. The monoisotopic (exact) mass is 649 g/mol. The molecular formula is C35H45Cl2N7O. The van der Waals surface area contributed by atoms with E-state index in [0.717, 1.165) is 65.9 Å². The maximum absolute atomic E-state index is 12.3. The van der Waals surface area contributed by atoms with Crippen molar-refractivity contribution in [3.05, 3.63) is 99.8 Å². The van der Waals surface area contributed by atoms with Crippen LogP contribution < -0.4 is 11.1 Å². The van der Waals surface area contributed by atoms with Crippen LogP contribution in [0.2, 0.25) is 10.0 Å². The van der Waals surface area contributed by atoms with Crippen molar-refractivity contribution in [2.75, 3.05) is 52.1 Å². The molecule has 3 aromatic carbocycles. The smallest absolute Gasteiger partial charge is 0.239 e. The van der Waals surface area contributed by atoms with Crippen LogP contribution in [0.25, 0.3) is 10.9 Å². The van der Waals surface area contributed by atoms with Gasteiger partial charge in [-0.05, 0) is 81.0 Å². The summed E-state index contributed by atoms with van der Waals surface area (Å²) in [5.41, 5.74) is 9.02. The zero-order valence-corrected chi connectivity index (χ0v) is 28.2. The number of hydrogen-bond donors (Lipinski definition) is 2. The van der Waals surface area contributed by atoms with E-state index in [1.165, 1.54) is 11.1 Å². The van der Waals surface area contributed by atoms with Crippen LogP contribution in [-0.4, -0.2) is 83.4 Å². The van der Waals surface area contributed by atoms with Gasteiger partial charge in [0.25, 0.3) is 0 Å². The van der Waals surface area contributed by atoms with E-state index in [9.17, 15) is 4.79 Å². The van der Waals surface area contributed by atoms with Crippen LogP contribution in [0.15, 0.2) is 72.8 Å². The maximum atomic E-state index is 12.3. The van der Waals surface area contributed by atoms with Gasteiger partial charge in [-0.25, -0.2) is 9.97 Å². The Kier molecular flexibility index (Phi) is 13.0. The second kappa shape index (κ2) is 16.9. The Labute approximate surface area is 277 Å². The van der Waals surface area contributed by atoms with Gasteiger partial charge in [-0.15, -0.1) is 0 Å². The lowest BCUT2D eigenvalue weighted by Gasteiger charge is -2.39. The Morgan fingerprint density at radius 3 is 2.02 bits per heavy atom. The van der Waals surface area contributed by atoms with Gasteiger partial charge in [0.15, 0.2) is 0 Å². The Balaban J connectivity index is 0.00000226. The van der Waals surface area contributed by atoms with Crippen LogP contribution in [0.1, 0.15) is 49.7 Å². The number of nitrogens with one attached hydrogen (secondary N) is 1. The summed E-state index contributed by atoms with van der Waals surface area (Å²) < 4.78 is 0. The summed E-state index contributed by atoms with van der Waals surface area (Å²) in [7, 11) is 4.04. The van der Waals surface area contributed by atoms with Gasteiger partial charge in [0.2, 0.25) is 5.91 Å². The normalized spacial score (nSPS) is 14.8. The van der Waals surface area contributed by atoms with Gasteiger partial charge < -0.3 is 16.0 Å². The molecule has 8 nitrogen and oxygen atoms in total. The van der Waals surface area contributed by atoms with E-state index < -0.39 is 6.04 Å². The zero-order chi connectivity index (χ0) is 32.3. The maximum Gasteiger partial charge on any atom is 0.239 e. The van der Waals surface area contributed by atoms with Crippen LogP contribution in [0.5, 0.6) is 0 Å². The summed E-state index contributed by atoms with van der Waals surface area (Å²) in [6, 6.07) is 23.7. The molecule has 1 aliphatic heterocycles. The molecule has 1 atom stereocenters. The highest BCUT2D eigenvalue weighted by atomic mass is 35.5. The van der Waals surface area contributed by atoms with Crippen LogP contribution in [0, 0.1) is 0 Å². The largest absolute Gasteiger partial charge is 0.368 e. The van der Waals surface area contributed by atoms with E-state index in [1.54, 1.807) is 0 Å². The minimum Gasteiger partial charge on any atom is -0.368 e. The Hall–Kier alpha value is -3.27. The van der Waals surface area contributed by atoms with E-state index in [4.69, 9.17) is 38.9 Å². The first-order valence-corrected chi connectivity index (χ1v) is 16.5. The number of carbonyl (C=O) groups excluding carboxylic acids is 1. The third-order valence-electron chi connectivity index (χ3n) is 7.91. The van der Waals surface area contributed by atoms with Crippen molar-refractivity contribution in [1.29, 1.82) is 0 Å². The topological polar surface area (TPSA) is 90.6 Å². The molecule has 0 bridgehead atoms. The molecule has 0 saturated carbocycles. The number of nitrogens with zero attached hydrogens (tertiary/aromatic N) is 5. The van der Waals surface area contributed by atoms with Gasteiger partial charge in [0, 0.05) is 41.6 Å². The first kappa shape index (κ1) is 34.6. The van der Waals surface area contributed by atoms with Crippen molar-refractivity contribution in [2.24, 2.45) is 5.73 Å². The van der Waals surface area contributed by atoms with Crippen molar-refractivity contribution in [2.45, 2.75) is 45.3 Å². The van der Waals surface area contributed by atoms with E-state index in [2.05, 4.69) is 44.3 Å². The van der Waals surface area contributed by atoms with E-state index in [0.29, 0.717) is 18.8 Å². The summed E-state index contributed by atoms with van der Waals surface area (Å²) >= 11 is 12.4. The summed E-state index contributed by atoms with van der Waals surface area (Å²) in [5.74, 6) is 0.992. The minimum atomic E-state index is -0.507. The van der Waals surface area contributed by atoms with E-state index >= 15 is 0 Å². The highest BCUT2D eigenvalue weighted by molar-refractivity contribution is 6.30. The molecule has 1 amide bonds. The number of hydrogen-bond acceptors (Lipinski definition) is 7. The molecule has 1 saturated heterocycles. The third kappa shape index (κ3) is 9.61. The molecule has 1 unspecified atom stereocenters. The minimum absolute atomic E-state index is 0.0997. The number of primary amides is 1. The predicted molar refractivity (Wildman–Crippen MR) is 187 cm³/mol. The lowest BCUT2D eigenvalue weighted by Crippen LogP contribution is -2.47. The van der Waals surface area contributed by atoms with Gasteiger partial charge in [-0.1, -0.05) is 73.4 Å². The fourth-order valence-electron chi connectivity index (χ4n) is 5.65. The molecule has 5 rings (SSSR count). The molecule has 0 aliphatic carbocycles. The first-order chi connectivity index (χ1) is 21.8. The summed E-state index contributed by atoms with van der Waals surface area (Å²) in [6.45, 7) is 8.98. The lowest BCUT2D eigenvalue weighted by molar-refractivity contribution is -0.118. The second-order valence-electron chi connectivity index (χ2n) is 11.4. The standard InChI is InChI=1S/C33H39Cl2N7O.C2H6/c1-40(2)17-5-8-29(32(36)43)38-33-27-6-3-4-7-28(27)37-30(39-33)22-41-18-20-42(21-19-41)31(23-9-13-25(34)14-10-23)24-11-15-26(35)16-12-24;1-2/h3-4,6-7,9-16,29,31H,5,8,17-22H2,1-2H3,(H2,36,43)(H,37,38,39);1-2H3. The van der Waals surface area contributed by atoms with Gasteiger partial charge in [0.05, 0.1) is 18.1 Å². The fourth-order valence-corrected chi connectivity index (χ4v) is 5.90. The number of halogens is 2. The third-order valence-corrected chi connectivity index (χ3v) is 8.41. The Bertz CT molecular complexity index is 1460. The molecule has 10 heteroatoms. The first-order valence-electron chi connectivity index (χ1n) is 15.7. The van der Waals surface area contributed by atoms with Crippen LogP contribution >= 0.6 is 23.2 Å². The van der Waals surface area contributed by atoms with Crippen molar-refractivity contribution in [1.82, 2.24) is 24.7 Å². The average Bonchev–Trinajstić information content (AvgIpc) is 3.04. The number of benzene rings is 3.